The number of benzene rings is 2. The van der Waals surface area contributed by atoms with E-state index in [0.717, 1.165) is 0 Å². The molecule has 0 saturated heterocycles. The maximum atomic E-state index is 11.5. The van der Waals surface area contributed by atoms with Crippen LogP contribution in [0.3, 0.4) is 0 Å². The van der Waals surface area contributed by atoms with Gasteiger partial charge in [0.25, 0.3) is 0 Å². The van der Waals surface area contributed by atoms with E-state index in [9.17, 15) is 19.8 Å². The number of carboxylic acid groups (broad SMARTS) is 2. The normalized spacial score (nSPS) is 12.0. The zero-order chi connectivity index (χ0) is 19.1. The summed E-state index contributed by atoms with van der Waals surface area (Å²) in [6.07, 6.45) is 3.22. The van der Waals surface area contributed by atoms with Gasteiger partial charge in [0.1, 0.15) is 0 Å². The van der Waals surface area contributed by atoms with E-state index in [1.54, 1.807) is 48.5 Å². The molecule has 0 aromatic heterocycles. The van der Waals surface area contributed by atoms with E-state index in [0.29, 0.717) is 22.5 Å². The van der Waals surface area contributed by atoms with Gasteiger partial charge in [-0.1, -0.05) is 24.3 Å². The highest BCUT2D eigenvalue weighted by molar-refractivity contribution is 5.94. The van der Waals surface area contributed by atoms with Crippen molar-refractivity contribution in [3.8, 4) is 0 Å². The summed E-state index contributed by atoms with van der Waals surface area (Å²) in [6.45, 7) is 0. The highest BCUT2D eigenvalue weighted by Gasteiger charge is 2.13. The second kappa shape index (κ2) is 8.53. The van der Waals surface area contributed by atoms with Crippen molar-refractivity contribution >= 4 is 35.5 Å². The lowest BCUT2D eigenvalue weighted by Crippen LogP contribution is -2.05. The molecule has 0 atom stereocenters. The SMILES string of the molecule is Nc1ccc(C=C(CCC(=Cc2ccc(N)cc2)C(=O)O)C(=O)O)cc1. The van der Waals surface area contributed by atoms with Gasteiger partial charge in [-0.15, -0.1) is 0 Å². The van der Waals surface area contributed by atoms with Crippen LogP contribution in [-0.2, 0) is 9.59 Å². The van der Waals surface area contributed by atoms with E-state index in [-0.39, 0.29) is 24.0 Å². The van der Waals surface area contributed by atoms with Gasteiger partial charge >= 0.3 is 11.9 Å². The van der Waals surface area contributed by atoms with Crippen LogP contribution in [0, 0.1) is 0 Å². The molecule has 2 aromatic rings. The third kappa shape index (κ3) is 5.52. The van der Waals surface area contributed by atoms with E-state index < -0.39 is 11.9 Å². The Labute approximate surface area is 151 Å². The highest BCUT2D eigenvalue weighted by atomic mass is 16.4. The summed E-state index contributed by atoms with van der Waals surface area (Å²) in [5.74, 6) is -2.17. The Bertz CT molecular complexity index is 777. The Hall–Kier alpha value is -3.54. The molecule has 0 aliphatic carbocycles. The second-order valence-corrected chi connectivity index (χ2v) is 5.78. The average Bonchev–Trinajstić information content (AvgIpc) is 2.60. The van der Waals surface area contributed by atoms with Gasteiger partial charge in [0, 0.05) is 22.5 Å². The lowest BCUT2D eigenvalue weighted by Gasteiger charge is -2.06. The Balaban J connectivity index is 2.19. The van der Waals surface area contributed by atoms with Gasteiger partial charge in [-0.2, -0.15) is 0 Å². The van der Waals surface area contributed by atoms with E-state index in [1.165, 1.54) is 12.2 Å². The van der Waals surface area contributed by atoms with E-state index >= 15 is 0 Å². The number of hydrogen-bond donors (Lipinski definition) is 4. The number of aliphatic carboxylic acids is 2. The van der Waals surface area contributed by atoms with Crippen molar-refractivity contribution in [2.24, 2.45) is 0 Å². The molecule has 2 aromatic carbocycles. The first-order valence-electron chi connectivity index (χ1n) is 7.94. The third-order valence-corrected chi connectivity index (χ3v) is 3.77. The lowest BCUT2D eigenvalue weighted by molar-refractivity contribution is -0.134. The number of carbonyl (C=O) groups is 2. The molecule has 0 radical (unpaired) electrons. The van der Waals surface area contributed by atoms with Crippen LogP contribution < -0.4 is 11.5 Å². The van der Waals surface area contributed by atoms with Crippen LogP contribution >= 0.6 is 0 Å². The van der Waals surface area contributed by atoms with E-state index in [4.69, 9.17) is 11.5 Å². The van der Waals surface area contributed by atoms with Crippen molar-refractivity contribution in [3.05, 3.63) is 70.8 Å². The molecule has 0 fully saturated rings. The molecule has 0 heterocycles. The number of nitrogens with two attached hydrogens (primary N) is 2. The fourth-order valence-corrected chi connectivity index (χ4v) is 2.34. The summed E-state index contributed by atoms with van der Waals surface area (Å²) in [7, 11) is 0. The number of rotatable bonds is 7. The van der Waals surface area contributed by atoms with Crippen molar-refractivity contribution in [1.82, 2.24) is 0 Å². The average molecular weight is 352 g/mol. The van der Waals surface area contributed by atoms with Crippen molar-refractivity contribution < 1.29 is 19.8 Å². The number of anilines is 2. The van der Waals surface area contributed by atoms with Crippen molar-refractivity contribution in [2.75, 3.05) is 11.5 Å². The largest absolute Gasteiger partial charge is 0.478 e. The first kappa shape index (κ1) is 18.8. The van der Waals surface area contributed by atoms with Gasteiger partial charge in [-0.05, 0) is 60.4 Å². The lowest BCUT2D eigenvalue weighted by atomic mass is 10.0. The Morgan fingerprint density at radius 2 is 1.00 bits per heavy atom. The standard InChI is InChI=1S/C20H20N2O4/c21-17-7-1-13(2-8-17)11-15(19(23)24)5-6-16(20(25)26)12-14-3-9-18(22)10-4-14/h1-4,7-12H,5-6,21-22H2,(H,23,24)(H,25,26). The van der Waals surface area contributed by atoms with Crippen LogP contribution in [-0.4, -0.2) is 22.2 Å². The van der Waals surface area contributed by atoms with Crippen LogP contribution in [0.25, 0.3) is 12.2 Å². The molecule has 0 saturated carbocycles. The topological polar surface area (TPSA) is 127 Å². The molecule has 0 aliphatic rings. The summed E-state index contributed by atoms with van der Waals surface area (Å²) >= 11 is 0. The van der Waals surface area contributed by atoms with E-state index in [1.807, 2.05) is 0 Å². The Kier molecular flexibility index (Phi) is 6.16. The molecule has 6 nitrogen and oxygen atoms in total. The van der Waals surface area contributed by atoms with Crippen LogP contribution in [0.1, 0.15) is 24.0 Å². The van der Waals surface area contributed by atoms with Gasteiger partial charge in [-0.3, -0.25) is 0 Å². The summed E-state index contributed by atoms with van der Waals surface area (Å²) in [5.41, 5.74) is 14.0. The van der Waals surface area contributed by atoms with Gasteiger partial charge in [0.05, 0.1) is 0 Å². The maximum Gasteiger partial charge on any atom is 0.331 e. The van der Waals surface area contributed by atoms with Crippen molar-refractivity contribution in [1.29, 1.82) is 0 Å². The molecule has 0 unspecified atom stereocenters. The molecular formula is C20H20N2O4. The molecule has 0 spiro atoms. The molecule has 134 valence electrons. The summed E-state index contributed by atoms with van der Waals surface area (Å²) in [6, 6.07) is 13.5. The molecule has 2 rings (SSSR count). The number of carboxylic acids is 2. The fraction of sp³-hybridized carbons (Fsp3) is 0.100. The minimum atomic E-state index is -1.08. The zero-order valence-electron chi connectivity index (χ0n) is 14.1. The monoisotopic (exact) mass is 352 g/mol. The molecule has 0 amide bonds. The van der Waals surface area contributed by atoms with Crippen LogP contribution in [0.4, 0.5) is 11.4 Å². The fourth-order valence-electron chi connectivity index (χ4n) is 2.34. The van der Waals surface area contributed by atoms with E-state index in [2.05, 4.69) is 0 Å². The second-order valence-electron chi connectivity index (χ2n) is 5.78. The molecular weight excluding hydrogens is 332 g/mol. The highest BCUT2D eigenvalue weighted by Crippen LogP contribution is 2.19. The first-order chi connectivity index (χ1) is 12.3. The predicted molar refractivity (Wildman–Crippen MR) is 102 cm³/mol. The van der Waals surface area contributed by atoms with Gasteiger partial charge in [-0.25, -0.2) is 9.59 Å². The van der Waals surface area contributed by atoms with Gasteiger partial charge in [0.2, 0.25) is 0 Å². The molecule has 6 heteroatoms. The van der Waals surface area contributed by atoms with Crippen LogP contribution in [0.15, 0.2) is 59.7 Å². The third-order valence-electron chi connectivity index (χ3n) is 3.77. The van der Waals surface area contributed by atoms with Crippen molar-refractivity contribution in [3.63, 3.8) is 0 Å². The summed E-state index contributed by atoms with van der Waals surface area (Å²) in [4.78, 5) is 23.0. The number of nitrogen functional groups attached to an aromatic ring is 2. The summed E-state index contributed by atoms with van der Waals surface area (Å²) in [5, 5.41) is 18.8. The molecule has 0 aliphatic heterocycles. The van der Waals surface area contributed by atoms with Gasteiger partial charge in [0.15, 0.2) is 0 Å². The van der Waals surface area contributed by atoms with Crippen LogP contribution in [0.5, 0.6) is 0 Å². The minimum absolute atomic E-state index is 0.0901. The summed E-state index contributed by atoms with van der Waals surface area (Å²) < 4.78 is 0. The zero-order valence-corrected chi connectivity index (χ0v) is 14.1. The minimum Gasteiger partial charge on any atom is -0.478 e. The van der Waals surface area contributed by atoms with Crippen LogP contribution in [0.2, 0.25) is 0 Å². The molecule has 26 heavy (non-hydrogen) atoms. The molecule has 6 N–H and O–H groups in total. The smallest absolute Gasteiger partial charge is 0.331 e. The van der Waals surface area contributed by atoms with Crippen molar-refractivity contribution in [2.45, 2.75) is 12.8 Å². The van der Waals surface area contributed by atoms with Gasteiger partial charge < -0.3 is 21.7 Å². The Morgan fingerprint density at radius 1 is 0.692 bits per heavy atom. The Morgan fingerprint density at radius 3 is 1.27 bits per heavy atom. The quantitative estimate of drug-likeness (QED) is 0.447. The predicted octanol–water partition coefficient (Wildman–Crippen LogP) is 3.27. The molecule has 0 bridgehead atoms. The first-order valence-corrected chi connectivity index (χ1v) is 7.94. The maximum absolute atomic E-state index is 11.5. The number of hydrogen-bond acceptors (Lipinski definition) is 4.